The lowest BCUT2D eigenvalue weighted by Crippen LogP contribution is -2.41. The molecule has 1 amide bonds. The van der Waals surface area contributed by atoms with Crippen molar-refractivity contribution < 1.29 is 14.3 Å². The van der Waals surface area contributed by atoms with Crippen LogP contribution in [0.25, 0.3) is 0 Å². The van der Waals surface area contributed by atoms with E-state index >= 15 is 0 Å². The Kier molecular flexibility index (Phi) is 3.88. The van der Waals surface area contributed by atoms with E-state index in [1.807, 2.05) is 0 Å². The third-order valence-electron chi connectivity index (χ3n) is 2.48. The number of carbonyl (C=O) groups excluding carboxylic acids is 2. The van der Waals surface area contributed by atoms with Gasteiger partial charge < -0.3 is 4.74 Å². The Morgan fingerprint density at radius 3 is 2.73 bits per heavy atom. The van der Waals surface area contributed by atoms with Crippen molar-refractivity contribution in [2.45, 2.75) is 32.7 Å². The van der Waals surface area contributed by atoms with Crippen LogP contribution in [0.4, 0.5) is 4.79 Å². The fraction of sp³-hybridized carbons (Fsp3) is 0.636. The maximum atomic E-state index is 11.7. The Labute approximate surface area is 89.9 Å². The molecule has 4 heteroatoms. The van der Waals surface area contributed by atoms with Gasteiger partial charge >= 0.3 is 6.09 Å². The largest absolute Gasteiger partial charge is 0.450 e. The topological polar surface area (TPSA) is 46.6 Å². The van der Waals surface area contributed by atoms with Crippen LogP contribution in [-0.4, -0.2) is 36.0 Å². The lowest BCUT2D eigenvalue weighted by Gasteiger charge is -2.22. The zero-order valence-corrected chi connectivity index (χ0v) is 9.28. The summed E-state index contributed by atoms with van der Waals surface area (Å²) in [6.45, 7) is 7.97. The van der Waals surface area contributed by atoms with Crippen LogP contribution in [0, 0.1) is 0 Å². The van der Waals surface area contributed by atoms with E-state index in [4.69, 9.17) is 4.74 Å². The third-order valence-corrected chi connectivity index (χ3v) is 2.48. The number of nitrogens with zero attached hydrogens (tertiary/aromatic N) is 1. The predicted molar refractivity (Wildman–Crippen MR) is 56.6 cm³/mol. The lowest BCUT2D eigenvalue weighted by molar-refractivity contribution is -0.119. The molecule has 4 nitrogen and oxygen atoms in total. The molecule has 0 aromatic heterocycles. The maximum absolute atomic E-state index is 11.7. The van der Waals surface area contributed by atoms with Gasteiger partial charge in [-0.1, -0.05) is 6.58 Å². The van der Waals surface area contributed by atoms with Gasteiger partial charge in [0, 0.05) is 6.54 Å². The van der Waals surface area contributed by atoms with Crippen molar-refractivity contribution in [1.29, 1.82) is 0 Å². The van der Waals surface area contributed by atoms with E-state index in [0.29, 0.717) is 25.1 Å². The molecule has 1 aliphatic heterocycles. The summed E-state index contributed by atoms with van der Waals surface area (Å²) >= 11 is 0. The van der Waals surface area contributed by atoms with E-state index < -0.39 is 6.09 Å². The molecule has 1 rings (SSSR count). The van der Waals surface area contributed by atoms with Gasteiger partial charge in [-0.25, -0.2) is 4.79 Å². The van der Waals surface area contributed by atoms with E-state index in [9.17, 15) is 9.59 Å². The van der Waals surface area contributed by atoms with Gasteiger partial charge in [0.15, 0.2) is 5.78 Å². The zero-order chi connectivity index (χ0) is 11.4. The first kappa shape index (κ1) is 11.8. The first-order chi connectivity index (χ1) is 7.07. The highest BCUT2D eigenvalue weighted by Crippen LogP contribution is 2.21. The number of rotatable bonds is 3. The molecule has 0 saturated carbocycles. The SMILES string of the molecule is C=C(C)C(=O)C1CCCN1C(=O)OCC. The Hall–Kier alpha value is -1.32. The number of carbonyl (C=O) groups is 2. The minimum Gasteiger partial charge on any atom is -0.450 e. The average molecular weight is 211 g/mol. The smallest absolute Gasteiger partial charge is 0.410 e. The maximum Gasteiger partial charge on any atom is 0.410 e. The van der Waals surface area contributed by atoms with Crippen LogP contribution >= 0.6 is 0 Å². The molecule has 1 heterocycles. The molecule has 0 aromatic rings. The molecular formula is C11H17NO3. The fourth-order valence-electron chi connectivity index (χ4n) is 1.75. The molecule has 0 aromatic carbocycles. The summed E-state index contributed by atoms with van der Waals surface area (Å²) in [6, 6.07) is -0.360. The highest BCUT2D eigenvalue weighted by Gasteiger charge is 2.34. The molecule has 1 atom stereocenters. The van der Waals surface area contributed by atoms with Gasteiger partial charge in [0.05, 0.1) is 12.6 Å². The number of likely N-dealkylation sites (tertiary alicyclic amines) is 1. The van der Waals surface area contributed by atoms with Gasteiger partial charge in [-0.15, -0.1) is 0 Å². The van der Waals surface area contributed by atoms with Crippen LogP contribution in [0.1, 0.15) is 26.7 Å². The molecule has 0 radical (unpaired) electrons. The van der Waals surface area contributed by atoms with E-state index in [0.717, 1.165) is 6.42 Å². The van der Waals surface area contributed by atoms with Crippen LogP contribution in [0.3, 0.4) is 0 Å². The number of amides is 1. The third kappa shape index (κ3) is 2.58. The standard InChI is InChI=1S/C11H17NO3/c1-4-15-11(14)12-7-5-6-9(12)10(13)8(2)3/h9H,2,4-7H2,1,3H3. The summed E-state index contributed by atoms with van der Waals surface area (Å²) in [7, 11) is 0. The second-order valence-electron chi connectivity index (χ2n) is 3.69. The number of ether oxygens (including phenoxy) is 1. The molecule has 0 spiro atoms. The monoisotopic (exact) mass is 211 g/mol. The Bertz CT molecular complexity index is 286. The number of ketones is 1. The summed E-state index contributed by atoms with van der Waals surface area (Å²) in [4.78, 5) is 24.7. The summed E-state index contributed by atoms with van der Waals surface area (Å²) in [5.74, 6) is -0.0550. The summed E-state index contributed by atoms with van der Waals surface area (Å²) in [6.07, 6.45) is 1.17. The van der Waals surface area contributed by atoms with Crippen molar-refractivity contribution in [3.63, 3.8) is 0 Å². The fourth-order valence-corrected chi connectivity index (χ4v) is 1.75. The summed E-state index contributed by atoms with van der Waals surface area (Å²) < 4.78 is 4.89. The van der Waals surface area contributed by atoms with Crippen LogP contribution in [0.5, 0.6) is 0 Å². The highest BCUT2D eigenvalue weighted by atomic mass is 16.6. The second-order valence-corrected chi connectivity index (χ2v) is 3.69. The van der Waals surface area contributed by atoms with Gasteiger partial charge in [-0.3, -0.25) is 9.69 Å². The zero-order valence-electron chi connectivity index (χ0n) is 9.28. The van der Waals surface area contributed by atoms with E-state index in [-0.39, 0.29) is 11.8 Å². The van der Waals surface area contributed by atoms with Crippen molar-refractivity contribution in [2.75, 3.05) is 13.2 Å². The molecule has 1 fully saturated rings. The van der Waals surface area contributed by atoms with E-state index in [1.54, 1.807) is 13.8 Å². The summed E-state index contributed by atoms with van der Waals surface area (Å²) in [5.41, 5.74) is 0.496. The molecule has 1 unspecified atom stereocenters. The first-order valence-corrected chi connectivity index (χ1v) is 5.21. The van der Waals surface area contributed by atoms with E-state index in [2.05, 4.69) is 6.58 Å². The van der Waals surface area contributed by atoms with Crippen molar-refractivity contribution in [2.24, 2.45) is 0 Å². The van der Waals surface area contributed by atoms with Crippen molar-refractivity contribution >= 4 is 11.9 Å². The number of hydrogen-bond acceptors (Lipinski definition) is 3. The Balaban J connectivity index is 2.68. The van der Waals surface area contributed by atoms with Gasteiger partial charge in [0.1, 0.15) is 0 Å². The lowest BCUT2D eigenvalue weighted by atomic mass is 10.1. The van der Waals surface area contributed by atoms with E-state index in [1.165, 1.54) is 4.90 Å². The van der Waals surface area contributed by atoms with Crippen LogP contribution < -0.4 is 0 Å². The molecule has 0 bridgehead atoms. The predicted octanol–water partition coefficient (Wildman–Crippen LogP) is 1.75. The van der Waals surface area contributed by atoms with Gasteiger partial charge in [0.25, 0.3) is 0 Å². The number of hydrogen-bond donors (Lipinski definition) is 0. The van der Waals surface area contributed by atoms with Crippen molar-refractivity contribution in [3.05, 3.63) is 12.2 Å². The van der Waals surface area contributed by atoms with Crippen LogP contribution in [0.2, 0.25) is 0 Å². The normalized spacial score (nSPS) is 20.1. The Morgan fingerprint density at radius 2 is 2.20 bits per heavy atom. The quantitative estimate of drug-likeness (QED) is 0.668. The first-order valence-electron chi connectivity index (χ1n) is 5.21. The average Bonchev–Trinajstić information content (AvgIpc) is 2.65. The van der Waals surface area contributed by atoms with Crippen molar-refractivity contribution in [1.82, 2.24) is 4.90 Å². The van der Waals surface area contributed by atoms with Gasteiger partial charge in [0.2, 0.25) is 0 Å². The molecule has 84 valence electrons. The second kappa shape index (κ2) is 4.96. The molecule has 1 saturated heterocycles. The summed E-state index contributed by atoms with van der Waals surface area (Å²) in [5, 5.41) is 0. The highest BCUT2D eigenvalue weighted by molar-refractivity contribution is 6.00. The molecular weight excluding hydrogens is 194 g/mol. The number of Topliss-reactive ketones (excluding diaryl/α,β-unsaturated/α-hetero) is 1. The van der Waals surface area contributed by atoms with Gasteiger partial charge in [-0.2, -0.15) is 0 Å². The van der Waals surface area contributed by atoms with Gasteiger partial charge in [-0.05, 0) is 32.3 Å². The molecule has 15 heavy (non-hydrogen) atoms. The van der Waals surface area contributed by atoms with Crippen molar-refractivity contribution in [3.8, 4) is 0 Å². The molecule has 1 aliphatic rings. The van der Waals surface area contributed by atoms with Crippen LogP contribution in [0.15, 0.2) is 12.2 Å². The Morgan fingerprint density at radius 1 is 1.53 bits per heavy atom. The van der Waals surface area contributed by atoms with Crippen LogP contribution in [-0.2, 0) is 9.53 Å². The minimum absolute atomic E-state index is 0.0550. The minimum atomic E-state index is -0.394. The molecule has 0 aliphatic carbocycles. The molecule has 0 N–H and O–H groups in total.